The number of likely N-dealkylation sites (N-methyl/N-ethyl adjacent to an activating group) is 1. The Morgan fingerprint density at radius 2 is 2.14 bits per heavy atom. The fourth-order valence-corrected chi connectivity index (χ4v) is 3.61. The molecule has 7 heteroatoms. The van der Waals surface area contributed by atoms with Crippen LogP contribution in [0.3, 0.4) is 0 Å². The summed E-state index contributed by atoms with van der Waals surface area (Å²) in [7, 11) is -1.74. The molecule has 1 aromatic rings. The number of anilines is 1. The number of carbonyl (C=O) groups is 1. The maximum absolute atomic E-state index is 12.3. The molecule has 0 saturated carbocycles. The largest absolute Gasteiger partial charge is 0.357 e. The molecular formula is C14H21N3O3S. The van der Waals surface area contributed by atoms with E-state index >= 15 is 0 Å². The van der Waals surface area contributed by atoms with E-state index in [0.29, 0.717) is 30.2 Å². The van der Waals surface area contributed by atoms with Crippen molar-refractivity contribution in [2.75, 3.05) is 37.3 Å². The zero-order valence-corrected chi connectivity index (χ0v) is 13.1. The Kier molecular flexibility index (Phi) is 4.84. The lowest BCUT2D eigenvalue weighted by atomic mass is 10.1. The van der Waals surface area contributed by atoms with Gasteiger partial charge in [0.25, 0.3) is 0 Å². The molecule has 2 N–H and O–H groups in total. The second-order valence-electron chi connectivity index (χ2n) is 4.90. The molecule has 1 aliphatic rings. The average Bonchev–Trinajstić information content (AvgIpc) is 2.54. The number of carbonyl (C=O) groups excluding carboxylic acids is 1. The minimum Gasteiger partial charge on any atom is -0.357 e. The molecule has 2 rings (SSSR count). The van der Waals surface area contributed by atoms with Crippen LogP contribution in [0.2, 0.25) is 0 Å². The summed E-state index contributed by atoms with van der Waals surface area (Å²) in [5, 5.41) is 5.81. The third kappa shape index (κ3) is 3.19. The van der Waals surface area contributed by atoms with Gasteiger partial charge in [0, 0.05) is 26.7 Å². The Bertz CT molecular complexity index is 616. The van der Waals surface area contributed by atoms with Crippen molar-refractivity contribution in [2.45, 2.75) is 17.9 Å². The lowest BCUT2D eigenvalue weighted by Gasteiger charge is -2.37. The molecule has 0 aromatic heterocycles. The van der Waals surface area contributed by atoms with Crippen LogP contribution in [0.15, 0.2) is 29.2 Å². The second kappa shape index (κ2) is 6.44. The molecular weight excluding hydrogens is 290 g/mol. The van der Waals surface area contributed by atoms with Gasteiger partial charge in [-0.3, -0.25) is 4.79 Å². The number of hydrogen-bond donors (Lipinski definition) is 2. The molecule has 1 aromatic carbocycles. The van der Waals surface area contributed by atoms with Crippen LogP contribution in [0.1, 0.15) is 6.92 Å². The highest BCUT2D eigenvalue weighted by atomic mass is 32.2. The van der Waals surface area contributed by atoms with Gasteiger partial charge < -0.3 is 15.5 Å². The number of nitrogens with zero attached hydrogens (tertiary/aromatic N) is 1. The van der Waals surface area contributed by atoms with Crippen molar-refractivity contribution in [3.05, 3.63) is 24.3 Å². The maximum Gasteiger partial charge on any atom is 0.243 e. The molecule has 6 nitrogen and oxygen atoms in total. The van der Waals surface area contributed by atoms with Crippen LogP contribution >= 0.6 is 0 Å². The van der Waals surface area contributed by atoms with Crippen molar-refractivity contribution in [3.63, 3.8) is 0 Å². The fraction of sp³-hybridized carbons (Fsp3) is 0.500. The summed E-state index contributed by atoms with van der Waals surface area (Å²) in [6.45, 7) is 3.43. The van der Waals surface area contributed by atoms with Gasteiger partial charge in [0.15, 0.2) is 9.84 Å². The van der Waals surface area contributed by atoms with E-state index in [1.54, 1.807) is 38.2 Å². The number of para-hydroxylation sites is 1. The second-order valence-corrected chi connectivity index (χ2v) is 7.15. The predicted molar refractivity (Wildman–Crippen MR) is 82.2 cm³/mol. The summed E-state index contributed by atoms with van der Waals surface area (Å²) >= 11 is 0. The zero-order chi connectivity index (χ0) is 15.5. The number of rotatable bonds is 4. The predicted octanol–water partition coefficient (Wildman–Crippen LogP) is 0.00440. The molecule has 21 heavy (non-hydrogen) atoms. The monoisotopic (exact) mass is 311 g/mol. The lowest BCUT2D eigenvalue weighted by Crippen LogP contribution is -2.58. The summed E-state index contributed by atoms with van der Waals surface area (Å²) in [6, 6.07) is 6.48. The molecule has 1 fully saturated rings. The minimum atomic E-state index is -3.33. The summed E-state index contributed by atoms with van der Waals surface area (Å²) in [6.07, 6.45) is 0. The minimum absolute atomic E-state index is 0.0424. The quantitative estimate of drug-likeness (QED) is 0.819. The summed E-state index contributed by atoms with van der Waals surface area (Å²) in [5.41, 5.74) is 0.606. The van der Waals surface area contributed by atoms with Crippen LogP contribution in [0, 0.1) is 0 Å². The van der Waals surface area contributed by atoms with E-state index in [2.05, 4.69) is 10.6 Å². The standard InChI is InChI=1S/C14H21N3O3S/c1-3-21(19,20)13-7-5-4-6-11(13)17-9-8-16-10-12(17)14(18)15-2/h4-7,12,16H,3,8-10H2,1-2H3,(H,15,18). The molecule has 1 unspecified atom stereocenters. The summed E-state index contributed by atoms with van der Waals surface area (Å²) in [4.78, 5) is 14.2. The van der Waals surface area contributed by atoms with E-state index in [9.17, 15) is 13.2 Å². The number of amides is 1. The van der Waals surface area contributed by atoms with Gasteiger partial charge in [0.1, 0.15) is 6.04 Å². The highest BCUT2D eigenvalue weighted by Crippen LogP contribution is 2.28. The number of nitrogens with one attached hydrogen (secondary N) is 2. The average molecular weight is 311 g/mol. The molecule has 0 aliphatic carbocycles. The van der Waals surface area contributed by atoms with Gasteiger partial charge in [-0.15, -0.1) is 0 Å². The van der Waals surface area contributed by atoms with Crippen molar-refractivity contribution < 1.29 is 13.2 Å². The van der Waals surface area contributed by atoms with Gasteiger partial charge in [-0.1, -0.05) is 19.1 Å². The molecule has 116 valence electrons. The number of hydrogen-bond acceptors (Lipinski definition) is 5. The molecule has 1 heterocycles. The number of sulfone groups is 1. The molecule has 0 spiro atoms. The Hall–Kier alpha value is -1.60. The van der Waals surface area contributed by atoms with Crippen LogP contribution in [0.25, 0.3) is 0 Å². The maximum atomic E-state index is 12.3. The van der Waals surface area contributed by atoms with Crippen molar-refractivity contribution >= 4 is 21.4 Å². The first-order valence-electron chi connectivity index (χ1n) is 7.02. The molecule has 1 amide bonds. The van der Waals surface area contributed by atoms with Gasteiger partial charge in [-0.2, -0.15) is 0 Å². The normalized spacial score (nSPS) is 19.3. The first-order chi connectivity index (χ1) is 10.0. The van der Waals surface area contributed by atoms with Crippen LogP contribution in [-0.4, -0.2) is 52.8 Å². The van der Waals surface area contributed by atoms with Crippen molar-refractivity contribution in [1.82, 2.24) is 10.6 Å². The topological polar surface area (TPSA) is 78.5 Å². The van der Waals surface area contributed by atoms with Crippen molar-refractivity contribution in [2.24, 2.45) is 0 Å². The Morgan fingerprint density at radius 1 is 1.43 bits per heavy atom. The molecule has 1 aliphatic heterocycles. The van der Waals surface area contributed by atoms with Crippen LogP contribution in [0.4, 0.5) is 5.69 Å². The molecule has 1 atom stereocenters. The first kappa shape index (κ1) is 15.8. The van der Waals surface area contributed by atoms with Crippen LogP contribution in [-0.2, 0) is 14.6 Å². The van der Waals surface area contributed by atoms with Crippen molar-refractivity contribution in [3.8, 4) is 0 Å². The number of piperazine rings is 1. The first-order valence-corrected chi connectivity index (χ1v) is 8.67. The number of benzene rings is 1. The van der Waals surface area contributed by atoms with Gasteiger partial charge in [0.05, 0.1) is 16.3 Å². The van der Waals surface area contributed by atoms with Gasteiger partial charge >= 0.3 is 0 Å². The molecule has 0 bridgehead atoms. The zero-order valence-electron chi connectivity index (χ0n) is 12.3. The Morgan fingerprint density at radius 3 is 2.81 bits per heavy atom. The SMILES string of the molecule is CCS(=O)(=O)c1ccccc1N1CCNCC1C(=O)NC. The molecule has 0 radical (unpaired) electrons. The third-order valence-electron chi connectivity index (χ3n) is 3.68. The lowest BCUT2D eigenvalue weighted by molar-refractivity contribution is -0.122. The highest BCUT2D eigenvalue weighted by Gasteiger charge is 2.31. The van der Waals surface area contributed by atoms with Crippen molar-refractivity contribution in [1.29, 1.82) is 0 Å². The van der Waals surface area contributed by atoms with E-state index in [1.165, 1.54) is 0 Å². The van der Waals surface area contributed by atoms with E-state index < -0.39 is 15.9 Å². The molecule has 1 saturated heterocycles. The smallest absolute Gasteiger partial charge is 0.243 e. The third-order valence-corrected chi connectivity index (χ3v) is 5.46. The van der Waals surface area contributed by atoms with E-state index in [1.807, 2.05) is 4.90 Å². The summed E-state index contributed by atoms with van der Waals surface area (Å²) < 4.78 is 24.5. The fourth-order valence-electron chi connectivity index (χ4n) is 2.51. The van der Waals surface area contributed by atoms with Crippen LogP contribution in [0.5, 0.6) is 0 Å². The summed E-state index contributed by atoms with van der Waals surface area (Å²) in [5.74, 6) is -0.0771. The van der Waals surface area contributed by atoms with E-state index in [-0.39, 0.29) is 11.7 Å². The van der Waals surface area contributed by atoms with Gasteiger partial charge in [-0.05, 0) is 12.1 Å². The van der Waals surface area contributed by atoms with Gasteiger partial charge in [-0.25, -0.2) is 8.42 Å². The Labute approximate surface area is 125 Å². The van der Waals surface area contributed by atoms with Crippen LogP contribution < -0.4 is 15.5 Å². The van der Waals surface area contributed by atoms with E-state index in [4.69, 9.17) is 0 Å². The highest BCUT2D eigenvalue weighted by molar-refractivity contribution is 7.91. The van der Waals surface area contributed by atoms with E-state index in [0.717, 1.165) is 0 Å². The Balaban J connectivity index is 2.47. The van der Waals surface area contributed by atoms with Gasteiger partial charge in [0.2, 0.25) is 5.91 Å².